The van der Waals surface area contributed by atoms with Crippen molar-refractivity contribution in [3.8, 4) is 0 Å². The summed E-state index contributed by atoms with van der Waals surface area (Å²) < 4.78 is 0. The van der Waals surface area contributed by atoms with Crippen LogP contribution in [0.5, 0.6) is 0 Å². The molecule has 0 saturated carbocycles. The first-order valence-corrected chi connectivity index (χ1v) is 10.6. The second-order valence-electron chi connectivity index (χ2n) is 6.94. The maximum atomic E-state index is 12.6. The highest BCUT2D eigenvalue weighted by atomic mass is 32.2. The van der Waals surface area contributed by atoms with Gasteiger partial charge in [0.15, 0.2) is 22.5 Å². The predicted octanol–water partition coefficient (Wildman–Crippen LogP) is 2.17. The third-order valence-corrected chi connectivity index (χ3v) is 6.61. The number of aromatic amines is 1. The van der Waals surface area contributed by atoms with Crippen LogP contribution in [0.3, 0.4) is 0 Å². The highest BCUT2D eigenvalue weighted by Crippen LogP contribution is 2.33. The molecule has 0 aliphatic carbocycles. The monoisotopic (exact) mass is 427 g/mol. The van der Waals surface area contributed by atoms with Crippen LogP contribution in [0.1, 0.15) is 10.4 Å². The smallest absolute Gasteiger partial charge is 0.325 e. The zero-order valence-corrected chi connectivity index (χ0v) is 17.3. The van der Waals surface area contributed by atoms with Crippen LogP contribution in [-0.2, 0) is 11.3 Å². The Labute approximate surface area is 174 Å². The van der Waals surface area contributed by atoms with Gasteiger partial charge in [0.25, 0.3) is 5.91 Å². The number of imide groups is 1. The number of fused-ring (bicyclic) bond motifs is 2. The molecule has 3 aromatic rings. The summed E-state index contributed by atoms with van der Waals surface area (Å²) in [6.07, 6.45) is 1.21. The van der Waals surface area contributed by atoms with Gasteiger partial charge < -0.3 is 14.8 Å². The molecule has 11 heteroatoms. The molecule has 0 bridgehead atoms. The van der Waals surface area contributed by atoms with E-state index in [4.69, 9.17) is 4.99 Å². The minimum absolute atomic E-state index is 0.345. The molecule has 2 atom stereocenters. The van der Waals surface area contributed by atoms with Crippen molar-refractivity contribution in [1.29, 1.82) is 0 Å². The van der Waals surface area contributed by atoms with Gasteiger partial charge in [-0.05, 0) is 36.4 Å². The number of imidazole rings is 1. The number of aryl methyl sites for hydroxylation is 1. The first kappa shape index (κ1) is 18.1. The van der Waals surface area contributed by atoms with E-state index in [0.29, 0.717) is 16.9 Å². The maximum absolute atomic E-state index is 12.6. The summed E-state index contributed by atoms with van der Waals surface area (Å²) in [5.41, 5.74) is 4.71. The summed E-state index contributed by atoms with van der Waals surface area (Å²) in [4.78, 5) is 45.8. The van der Waals surface area contributed by atoms with E-state index in [1.807, 2.05) is 30.0 Å². The van der Waals surface area contributed by atoms with E-state index in [9.17, 15) is 9.59 Å². The van der Waals surface area contributed by atoms with Gasteiger partial charge >= 0.3 is 6.03 Å². The molecule has 3 amide bonds. The minimum Gasteiger partial charge on any atom is -0.333 e. The minimum atomic E-state index is -0.589. The molecule has 2 unspecified atom stereocenters. The summed E-state index contributed by atoms with van der Waals surface area (Å²) >= 11 is 2.87. The first-order chi connectivity index (χ1) is 14.0. The summed E-state index contributed by atoms with van der Waals surface area (Å²) in [7, 11) is 1.64. The van der Waals surface area contributed by atoms with Gasteiger partial charge in [0.05, 0.1) is 23.1 Å². The number of rotatable bonds is 3. The molecule has 2 aliphatic heterocycles. The van der Waals surface area contributed by atoms with Crippen LogP contribution in [0, 0.1) is 6.92 Å². The van der Waals surface area contributed by atoms with Crippen molar-refractivity contribution in [3.05, 3.63) is 40.3 Å². The fourth-order valence-corrected chi connectivity index (χ4v) is 5.00. The second kappa shape index (κ2) is 6.85. The lowest BCUT2D eigenvalue weighted by Crippen LogP contribution is -2.63. The van der Waals surface area contributed by atoms with E-state index in [1.165, 1.54) is 28.0 Å². The second-order valence-corrected chi connectivity index (χ2v) is 8.86. The number of benzene rings is 1. The van der Waals surface area contributed by atoms with E-state index >= 15 is 0 Å². The number of thioether (sulfide) groups is 1. The third kappa shape index (κ3) is 3.15. The van der Waals surface area contributed by atoms with Crippen molar-refractivity contribution in [2.75, 3.05) is 7.05 Å². The van der Waals surface area contributed by atoms with Gasteiger partial charge in [0, 0.05) is 18.1 Å². The van der Waals surface area contributed by atoms with Crippen molar-refractivity contribution in [1.82, 2.24) is 30.1 Å². The number of amides is 3. The number of amidine groups is 1. The largest absolute Gasteiger partial charge is 0.333 e. The topological polar surface area (TPSA) is 107 Å². The van der Waals surface area contributed by atoms with Gasteiger partial charge in [-0.25, -0.2) is 14.8 Å². The van der Waals surface area contributed by atoms with Gasteiger partial charge in [-0.3, -0.25) is 15.1 Å². The number of H-pyrrole nitrogens is 1. The van der Waals surface area contributed by atoms with Crippen molar-refractivity contribution < 1.29 is 9.59 Å². The Morgan fingerprint density at radius 3 is 2.97 bits per heavy atom. The molecule has 0 radical (unpaired) electrons. The summed E-state index contributed by atoms with van der Waals surface area (Å²) in [6.45, 7) is 2.51. The number of urea groups is 1. The summed E-state index contributed by atoms with van der Waals surface area (Å²) in [5, 5.41) is 3.74. The Morgan fingerprint density at radius 2 is 2.17 bits per heavy atom. The standard InChI is InChI=1S/C18H17N7O2S2/c1-9-3-4-11-12(5-9)21-16(20-11)29-18-22-14-13(15(26)23-17(27)24(14)2)25(18)7-10-6-19-8-28-10/h3-6,8,13-14H,7H2,1-2H3,(H,20,21)(H,23,26,27). The van der Waals surface area contributed by atoms with Crippen LogP contribution in [0.4, 0.5) is 4.79 Å². The molecule has 2 aromatic heterocycles. The summed E-state index contributed by atoms with van der Waals surface area (Å²) in [6, 6.07) is 4.99. The molecule has 148 valence electrons. The number of nitrogens with zero attached hydrogens (tertiary/aromatic N) is 5. The number of hydrogen-bond donors (Lipinski definition) is 2. The normalized spacial score (nSPS) is 21.5. The molecule has 0 spiro atoms. The van der Waals surface area contributed by atoms with Gasteiger partial charge in [-0.2, -0.15) is 0 Å². The van der Waals surface area contributed by atoms with Crippen LogP contribution in [-0.4, -0.2) is 61.1 Å². The summed E-state index contributed by atoms with van der Waals surface area (Å²) in [5.74, 6) is -0.345. The number of likely N-dealkylation sites (N-methyl/N-ethyl adjacent to an activating group) is 1. The Hall–Kier alpha value is -2.92. The van der Waals surface area contributed by atoms with E-state index in [2.05, 4.69) is 20.3 Å². The number of aliphatic imine (C=N–C) groups is 1. The first-order valence-electron chi connectivity index (χ1n) is 8.93. The third-order valence-electron chi connectivity index (χ3n) is 4.94. The van der Waals surface area contributed by atoms with Crippen LogP contribution in [0.15, 0.2) is 40.1 Å². The number of thiazole rings is 1. The number of hydrogen-bond acceptors (Lipinski definition) is 8. The average molecular weight is 428 g/mol. The lowest BCUT2D eigenvalue weighted by atomic mass is 10.1. The molecule has 2 aliphatic rings. The molecule has 9 nitrogen and oxygen atoms in total. The number of aromatic nitrogens is 3. The van der Waals surface area contributed by atoms with E-state index < -0.39 is 18.2 Å². The lowest BCUT2D eigenvalue weighted by molar-refractivity contribution is -0.127. The average Bonchev–Trinajstić information content (AvgIpc) is 3.40. The van der Waals surface area contributed by atoms with E-state index in [1.54, 1.807) is 18.8 Å². The highest BCUT2D eigenvalue weighted by Gasteiger charge is 2.49. The zero-order chi connectivity index (χ0) is 20.1. The maximum Gasteiger partial charge on any atom is 0.325 e. The number of nitrogens with one attached hydrogen (secondary N) is 2. The van der Waals surface area contributed by atoms with Gasteiger partial charge in [-0.15, -0.1) is 11.3 Å². The van der Waals surface area contributed by atoms with Gasteiger partial charge in [-0.1, -0.05) is 6.07 Å². The Kier molecular flexibility index (Phi) is 4.28. The van der Waals surface area contributed by atoms with Gasteiger partial charge in [0.1, 0.15) is 0 Å². The Balaban J connectivity index is 1.50. The van der Waals surface area contributed by atoms with Crippen LogP contribution in [0.25, 0.3) is 11.0 Å². The van der Waals surface area contributed by atoms with Crippen molar-refractivity contribution in [3.63, 3.8) is 0 Å². The quantitative estimate of drug-likeness (QED) is 0.664. The molecule has 1 aromatic carbocycles. The molecular formula is C18H17N7O2S2. The molecule has 29 heavy (non-hydrogen) atoms. The van der Waals surface area contributed by atoms with Crippen LogP contribution >= 0.6 is 23.1 Å². The molecule has 4 heterocycles. The van der Waals surface area contributed by atoms with Crippen LogP contribution in [0.2, 0.25) is 0 Å². The van der Waals surface area contributed by atoms with Crippen molar-refractivity contribution in [2.24, 2.45) is 4.99 Å². The molecule has 1 saturated heterocycles. The molecule has 2 N–H and O–H groups in total. The fraction of sp³-hybridized carbons (Fsp3) is 0.278. The molecule has 1 fully saturated rings. The van der Waals surface area contributed by atoms with E-state index in [-0.39, 0.29) is 5.91 Å². The van der Waals surface area contributed by atoms with Crippen molar-refractivity contribution >= 4 is 51.2 Å². The Bertz CT molecular complexity index is 1140. The number of carbonyl (C=O) groups is 2. The van der Waals surface area contributed by atoms with E-state index in [0.717, 1.165) is 21.5 Å². The predicted molar refractivity (Wildman–Crippen MR) is 111 cm³/mol. The molecule has 5 rings (SSSR count). The SMILES string of the molecule is Cc1ccc2nc(SC3=NC4C(C(=O)NC(=O)N4C)N3Cc3cncs3)[nH]c2c1. The fourth-order valence-electron chi connectivity index (χ4n) is 3.47. The van der Waals surface area contributed by atoms with Gasteiger partial charge in [0.2, 0.25) is 0 Å². The highest BCUT2D eigenvalue weighted by molar-refractivity contribution is 8.13. The van der Waals surface area contributed by atoms with Crippen molar-refractivity contribution in [2.45, 2.75) is 30.8 Å². The lowest BCUT2D eigenvalue weighted by Gasteiger charge is -2.35. The zero-order valence-electron chi connectivity index (χ0n) is 15.6. The Morgan fingerprint density at radius 1 is 1.31 bits per heavy atom. The molecular weight excluding hydrogens is 410 g/mol. The number of carbonyl (C=O) groups excluding carboxylic acids is 2. The van der Waals surface area contributed by atoms with Crippen LogP contribution < -0.4 is 5.32 Å².